The number of allylic oxidation sites excluding steroid dienone is 2. The lowest BCUT2D eigenvalue weighted by Gasteiger charge is -2.29. The first-order valence-electron chi connectivity index (χ1n) is 19.0. The molecule has 0 bridgehead atoms. The molecule has 0 radical (unpaired) electrons. The minimum atomic E-state index is -0.316. The normalized spacial score (nSPS) is 21.0. The van der Waals surface area contributed by atoms with E-state index in [0.717, 1.165) is 90.3 Å². The molecule has 4 aromatic carbocycles. The summed E-state index contributed by atoms with van der Waals surface area (Å²) in [6, 6.07) is 28.0. The Bertz CT molecular complexity index is 1960. The highest BCUT2D eigenvalue weighted by atomic mass is 35.5. The molecule has 0 amide bonds. The Morgan fingerprint density at radius 3 is 1.77 bits per heavy atom. The van der Waals surface area contributed by atoms with Gasteiger partial charge >= 0.3 is 5.97 Å². The Morgan fingerprint density at radius 1 is 0.698 bits per heavy atom. The summed E-state index contributed by atoms with van der Waals surface area (Å²) in [5.41, 5.74) is 8.21. The van der Waals surface area contributed by atoms with E-state index in [2.05, 4.69) is 6.07 Å². The van der Waals surface area contributed by atoms with Gasteiger partial charge in [0.15, 0.2) is 5.78 Å². The van der Waals surface area contributed by atoms with Crippen molar-refractivity contribution in [1.82, 2.24) is 0 Å². The lowest BCUT2D eigenvalue weighted by molar-refractivity contribution is -0.153. The molecule has 4 atom stereocenters. The number of aryl methyl sites for hydroxylation is 2. The van der Waals surface area contributed by atoms with E-state index in [9.17, 15) is 19.5 Å². The molecule has 53 heavy (non-hydrogen) atoms. The maximum Gasteiger partial charge on any atom is 0.309 e. The average molecular weight is 752 g/mol. The largest absolute Gasteiger partial charge is 0.511 e. The lowest BCUT2D eigenvalue weighted by atomic mass is 9.75. The van der Waals surface area contributed by atoms with E-state index in [4.69, 9.17) is 27.9 Å². The van der Waals surface area contributed by atoms with Crippen molar-refractivity contribution < 1.29 is 24.2 Å². The Kier molecular flexibility index (Phi) is 12.6. The molecule has 1 N–H and O–H groups in total. The maximum atomic E-state index is 13.1. The van der Waals surface area contributed by atoms with Crippen LogP contribution in [0.2, 0.25) is 10.0 Å². The number of carbonyl (C=O) groups is 3. The monoisotopic (exact) mass is 750 g/mol. The van der Waals surface area contributed by atoms with Crippen LogP contribution in [-0.2, 0) is 25.5 Å². The number of halogens is 2. The number of rotatable bonds is 8. The molecule has 276 valence electrons. The molecule has 5 nitrogen and oxygen atoms in total. The first-order valence-corrected chi connectivity index (χ1v) is 19.7. The number of aliphatic hydroxyl groups excluding tert-OH is 1. The second-order valence-corrected chi connectivity index (χ2v) is 15.5. The molecule has 3 aliphatic rings. The third kappa shape index (κ3) is 8.47. The van der Waals surface area contributed by atoms with E-state index >= 15 is 0 Å². The SMILES string of the molecule is CCOC(=O)C1CCCCC1C(=O)Cc1c(C)cc(-c2ccccc2)cc1Cl.Cc1cc(-c2ccccc2)cc(Cl)c1C1=C(O)C2CCCCC2C1=O. The van der Waals surface area contributed by atoms with Gasteiger partial charge in [-0.25, -0.2) is 0 Å². The van der Waals surface area contributed by atoms with Crippen molar-refractivity contribution in [3.05, 3.63) is 123 Å². The molecule has 2 fully saturated rings. The Morgan fingerprint density at radius 2 is 1.23 bits per heavy atom. The highest BCUT2D eigenvalue weighted by Crippen LogP contribution is 2.48. The predicted molar refractivity (Wildman–Crippen MR) is 214 cm³/mol. The molecule has 3 aliphatic carbocycles. The summed E-state index contributed by atoms with van der Waals surface area (Å²) >= 11 is 13.2. The van der Waals surface area contributed by atoms with Crippen LogP contribution in [0, 0.1) is 37.5 Å². The van der Waals surface area contributed by atoms with Gasteiger partial charge in [-0.2, -0.15) is 0 Å². The van der Waals surface area contributed by atoms with Crippen LogP contribution < -0.4 is 0 Å². The van der Waals surface area contributed by atoms with Crippen molar-refractivity contribution in [2.45, 2.75) is 78.6 Å². The quantitative estimate of drug-likeness (QED) is 0.181. The second kappa shape index (κ2) is 17.3. The topological polar surface area (TPSA) is 80.7 Å². The van der Waals surface area contributed by atoms with E-state index in [1.807, 2.05) is 92.7 Å². The first kappa shape index (κ1) is 38.5. The lowest BCUT2D eigenvalue weighted by Crippen LogP contribution is -2.34. The number of aliphatic hydroxyl groups is 1. The third-order valence-electron chi connectivity index (χ3n) is 11.2. The van der Waals surface area contributed by atoms with Crippen molar-refractivity contribution in [1.29, 1.82) is 0 Å². The number of carbonyl (C=O) groups excluding carboxylic acids is 3. The van der Waals surface area contributed by atoms with Gasteiger partial charge in [0.25, 0.3) is 0 Å². The molecule has 4 aromatic rings. The summed E-state index contributed by atoms with van der Waals surface area (Å²) in [7, 11) is 0. The third-order valence-corrected chi connectivity index (χ3v) is 11.9. The molecule has 7 rings (SSSR count). The number of fused-ring (bicyclic) bond motifs is 1. The minimum Gasteiger partial charge on any atom is -0.511 e. The van der Waals surface area contributed by atoms with E-state index in [0.29, 0.717) is 27.8 Å². The minimum absolute atomic E-state index is 0.0134. The Labute approximate surface area is 323 Å². The zero-order valence-electron chi connectivity index (χ0n) is 30.8. The summed E-state index contributed by atoms with van der Waals surface area (Å²) in [6.07, 6.45) is 7.60. The van der Waals surface area contributed by atoms with Crippen LogP contribution >= 0.6 is 23.2 Å². The molecule has 0 heterocycles. The fourth-order valence-corrected chi connectivity index (χ4v) is 9.22. The standard InChI is InChI=1S/C24H27ClO3.C22H21ClO2/c1-3-28-24(27)20-12-8-7-11-19(20)23(26)15-21-16(2)13-18(14-22(21)25)17-9-5-4-6-10-17;1-13-11-15(14-7-3-2-4-8-14)12-18(23)19(13)20-21(24)16-9-5-6-10-17(16)22(20)25/h4-6,9-10,13-14,19-20H,3,7-8,11-12,15H2,1-2H3;2-4,7-8,11-12,16-17,24H,5-6,9-10H2,1H3. The van der Waals surface area contributed by atoms with E-state index in [1.165, 1.54) is 0 Å². The van der Waals surface area contributed by atoms with Gasteiger partial charge in [-0.1, -0.05) is 122 Å². The van der Waals surface area contributed by atoms with Gasteiger partial charge in [-0.05, 0) is 97.5 Å². The number of ketones is 2. The van der Waals surface area contributed by atoms with Gasteiger partial charge in [-0.3, -0.25) is 14.4 Å². The molecule has 0 aliphatic heterocycles. The second-order valence-electron chi connectivity index (χ2n) is 14.7. The number of hydrogen-bond acceptors (Lipinski definition) is 5. The van der Waals surface area contributed by atoms with Crippen molar-refractivity contribution >= 4 is 46.3 Å². The highest BCUT2D eigenvalue weighted by Gasteiger charge is 2.44. The summed E-state index contributed by atoms with van der Waals surface area (Å²) in [4.78, 5) is 38.3. The van der Waals surface area contributed by atoms with Gasteiger partial charge in [0.2, 0.25) is 0 Å². The maximum absolute atomic E-state index is 13.1. The summed E-state index contributed by atoms with van der Waals surface area (Å²) in [6.45, 7) is 6.10. The highest BCUT2D eigenvalue weighted by molar-refractivity contribution is 6.36. The molecule has 7 heteroatoms. The Balaban J connectivity index is 0.000000182. The van der Waals surface area contributed by atoms with E-state index in [-0.39, 0.29) is 53.4 Å². The van der Waals surface area contributed by atoms with Gasteiger partial charge < -0.3 is 9.84 Å². The number of ether oxygens (including phenoxy) is 1. The van der Waals surface area contributed by atoms with Crippen molar-refractivity contribution in [3.8, 4) is 22.3 Å². The summed E-state index contributed by atoms with van der Waals surface area (Å²) in [5, 5.41) is 11.9. The number of esters is 1. The van der Waals surface area contributed by atoms with Gasteiger partial charge in [-0.15, -0.1) is 0 Å². The average Bonchev–Trinajstić information content (AvgIpc) is 3.42. The number of hydrogen-bond donors (Lipinski definition) is 1. The molecule has 0 saturated heterocycles. The summed E-state index contributed by atoms with van der Waals surface area (Å²) in [5.74, 6) is -0.473. The van der Waals surface area contributed by atoms with Crippen molar-refractivity contribution in [3.63, 3.8) is 0 Å². The molecule has 0 spiro atoms. The smallest absolute Gasteiger partial charge is 0.309 e. The fourth-order valence-electron chi connectivity index (χ4n) is 8.53. The number of Topliss-reactive ketones (excluding diaryl/α,β-unsaturated/α-hetero) is 2. The van der Waals surface area contributed by atoms with Crippen LogP contribution in [0.1, 0.15) is 80.5 Å². The van der Waals surface area contributed by atoms with Crippen molar-refractivity contribution in [2.24, 2.45) is 23.7 Å². The van der Waals surface area contributed by atoms with Gasteiger partial charge in [0.1, 0.15) is 11.5 Å². The van der Waals surface area contributed by atoms with Crippen LogP contribution in [0.3, 0.4) is 0 Å². The van der Waals surface area contributed by atoms with Crippen LogP contribution in [0.25, 0.3) is 27.8 Å². The molecular weight excluding hydrogens is 703 g/mol. The van der Waals surface area contributed by atoms with Crippen LogP contribution in [0.5, 0.6) is 0 Å². The summed E-state index contributed by atoms with van der Waals surface area (Å²) < 4.78 is 5.21. The molecule has 0 aromatic heterocycles. The molecule has 2 saturated carbocycles. The first-order chi connectivity index (χ1) is 25.6. The Hall–Kier alpha value is -4.19. The zero-order valence-corrected chi connectivity index (χ0v) is 32.3. The van der Waals surface area contributed by atoms with Crippen LogP contribution in [0.15, 0.2) is 90.7 Å². The molecule has 4 unspecified atom stereocenters. The predicted octanol–water partition coefficient (Wildman–Crippen LogP) is 11.8. The van der Waals surface area contributed by atoms with Crippen LogP contribution in [0.4, 0.5) is 0 Å². The molecular formula is C46H48Cl2O5. The van der Waals surface area contributed by atoms with Crippen LogP contribution in [-0.4, -0.2) is 29.2 Å². The fraction of sp³-hybridized carbons (Fsp3) is 0.370. The van der Waals surface area contributed by atoms with E-state index in [1.54, 1.807) is 6.92 Å². The van der Waals surface area contributed by atoms with Gasteiger partial charge in [0, 0.05) is 39.8 Å². The zero-order chi connectivity index (χ0) is 37.6. The van der Waals surface area contributed by atoms with E-state index < -0.39 is 0 Å². The van der Waals surface area contributed by atoms with Crippen molar-refractivity contribution in [2.75, 3.05) is 6.61 Å². The number of benzene rings is 4. The van der Waals surface area contributed by atoms with Gasteiger partial charge in [0.05, 0.1) is 18.1 Å².